The third-order valence-corrected chi connectivity index (χ3v) is 4.42. The number of carboxylic acids is 1. The highest BCUT2D eigenvalue weighted by atomic mass is 19.1. The van der Waals surface area contributed by atoms with Crippen molar-refractivity contribution in [3.05, 3.63) is 71.5 Å². The molecular weight excluding hydrogens is 333 g/mol. The number of rotatable bonds is 9. The van der Waals surface area contributed by atoms with Gasteiger partial charge in [-0.25, -0.2) is 4.39 Å². The van der Waals surface area contributed by atoms with Crippen molar-refractivity contribution in [2.75, 3.05) is 0 Å². The monoisotopic (exact) mass is 357 g/mol. The van der Waals surface area contributed by atoms with Crippen LogP contribution in [0.2, 0.25) is 0 Å². The summed E-state index contributed by atoms with van der Waals surface area (Å²) in [5.41, 5.74) is 1.47. The number of carboxylic acid groups (broad SMARTS) is 1. The number of aryl methyl sites for hydroxylation is 1. The van der Waals surface area contributed by atoms with Gasteiger partial charge in [0.2, 0.25) is 5.91 Å². The van der Waals surface area contributed by atoms with Crippen molar-refractivity contribution in [1.29, 1.82) is 0 Å². The molecule has 26 heavy (non-hydrogen) atoms. The molecule has 0 radical (unpaired) electrons. The van der Waals surface area contributed by atoms with E-state index in [2.05, 4.69) is 5.32 Å². The lowest BCUT2D eigenvalue weighted by atomic mass is 9.97. The van der Waals surface area contributed by atoms with E-state index in [1.54, 1.807) is 25.1 Å². The Kier molecular flexibility index (Phi) is 7.33. The van der Waals surface area contributed by atoms with Crippen LogP contribution >= 0.6 is 0 Å². The van der Waals surface area contributed by atoms with Crippen LogP contribution < -0.4 is 5.32 Å². The van der Waals surface area contributed by atoms with E-state index in [4.69, 9.17) is 5.11 Å². The Bertz CT molecular complexity index is 733. The summed E-state index contributed by atoms with van der Waals surface area (Å²) in [7, 11) is 0. The molecule has 2 rings (SSSR count). The van der Waals surface area contributed by atoms with Crippen LogP contribution in [0.4, 0.5) is 4.39 Å². The second kappa shape index (κ2) is 9.70. The number of carbonyl (C=O) groups is 2. The van der Waals surface area contributed by atoms with Gasteiger partial charge in [-0.2, -0.15) is 0 Å². The van der Waals surface area contributed by atoms with Gasteiger partial charge in [0.05, 0.1) is 6.04 Å². The van der Waals surface area contributed by atoms with E-state index < -0.39 is 5.97 Å². The summed E-state index contributed by atoms with van der Waals surface area (Å²) in [5.74, 6) is -1.61. The topological polar surface area (TPSA) is 66.4 Å². The van der Waals surface area contributed by atoms with E-state index in [0.29, 0.717) is 24.8 Å². The Morgan fingerprint density at radius 2 is 1.69 bits per heavy atom. The van der Waals surface area contributed by atoms with Crippen LogP contribution in [-0.4, -0.2) is 17.0 Å². The van der Waals surface area contributed by atoms with Crippen LogP contribution in [0.1, 0.15) is 43.4 Å². The zero-order valence-electron chi connectivity index (χ0n) is 14.8. The first kappa shape index (κ1) is 19.6. The number of amides is 1. The molecule has 4 nitrogen and oxygen atoms in total. The van der Waals surface area contributed by atoms with E-state index in [9.17, 15) is 14.0 Å². The number of carbonyl (C=O) groups excluding carboxylic acids is 1. The Labute approximate surface area is 153 Å². The smallest absolute Gasteiger partial charge is 0.303 e. The van der Waals surface area contributed by atoms with Crippen LogP contribution in [0.25, 0.3) is 0 Å². The standard InChI is InChI=1S/C21H24FNO3/c1-15(11-12-16-7-5-6-10-18(16)22)21(26)23-19(13-14-20(24)25)17-8-3-2-4-9-17/h2-10,15,19H,11-14H2,1H3,(H,23,26)(H,24,25). The second-order valence-electron chi connectivity index (χ2n) is 6.44. The van der Waals surface area contributed by atoms with Crippen molar-refractivity contribution >= 4 is 11.9 Å². The summed E-state index contributed by atoms with van der Waals surface area (Å²) in [6, 6.07) is 15.5. The Morgan fingerprint density at radius 3 is 2.35 bits per heavy atom. The largest absolute Gasteiger partial charge is 0.481 e. The maximum absolute atomic E-state index is 13.7. The molecule has 0 heterocycles. The van der Waals surface area contributed by atoms with Gasteiger partial charge in [-0.3, -0.25) is 9.59 Å². The van der Waals surface area contributed by atoms with Gasteiger partial charge in [-0.15, -0.1) is 0 Å². The summed E-state index contributed by atoms with van der Waals surface area (Å²) < 4.78 is 13.7. The fraction of sp³-hybridized carbons (Fsp3) is 0.333. The molecule has 2 aromatic rings. The molecule has 0 aromatic heterocycles. The molecule has 0 aliphatic heterocycles. The van der Waals surface area contributed by atoms with E-state index in [1.807, 2.05) is 30.3 Å². The maximum Gasteiger partial charge on any atom is 0.303 e. The van der Waals surface area contributed by atoms with E-state index in [-0.39, 0.29) is 30.1 Å². The molecule has 138 valence electrons. The SMILES string of the molecule is CC(CCc1ccccc1F)C(=O)NC(CCC(=O)O)c1ccccc1. The quantitative estimate of drug-likeness (QED) is 0.709. The lowest BCUT2D eigenvalue weighted by Gasteiger charge is -2.21. The second-order valence-corrected chi connectivity index (χ2v) is 6.44. The van der Waals surface area contributed by atoms with Crippen molar-refractivity contribution in [3.8, 4) is 0 Å². The minimum atomic E-state index is -0.896. The molecular formula is C21H24FNO3. The molecule has 2 atom stereocenters. The van der Waals surface area contributed by atoms with Gasteiger partial charge in [0.25, 0.3) is 0 Å². The summed E-state index contributed by atoms with van der Waals surface area (Å²) >= 11 is 0. The first-order chi connectivity index (χ1) is 12.5. The van der Waals surface area contributed by atoms with Crippen LogP contribution in [0, 0.1) is 11.7 Å². The molecule has 0 saturated carbocycles. The molecule has 0 aliphatic carbocycles. The minimum absolute atomic E-state index is 0.0244. The highest BCUT2D eigenvalue weighted by Crippen LogP contribution is 2.20. The first-order valence-corrected chi connectivity index (χ1v) is 8.78. The maximum atomic E-state index is 13.7. The van der Waals surface area contributed by atoms with Gasteiger partial charge in [-0.05, 0) is 36.5 Å². The molecule has 2 N–H and O–H groups in total. The Morgan fingerprint density at radius 1 is 1.04 bits per heavy atom. The molecule has 1 amide bonds. The van der Waals surface area contributed by atoms with Crippen molar-refractivity contribution in [3.63, 3.8) is 0 Å². The molecule has 0 bridgehead atoms. The third-order valence-electron chi connectivity index (χ3n) is 4.42. The lowest BCUT2D eigenvalue weighted by molar-refractivity contribution is -0.137. The van der Waals surface area contributed by atoms with Gasteiger partial charge in [-0.1, -0.05) is 55.5 Å². The van der Waals surface area contributed by atoms with Crippen LogP contribution in [0.3, 0.4) is 0 Å². The Hall–Kier alpha value is -2.69. The fourth-order valence-corrected chi connectivity index (χ4v) is 2.79. The predicted molar refractivity (Wildman–Crippen MR) is 98.1 cm³/mol. The normalized spacial score (nSPS) is 13.0. The number of hydrogen-bond donors (Lipinski definition) is 2. The van der Waals surface area contributed by atoms with Crippen LogP contribution in [0.5, 0.6) is 0 Å². The minimum Gasteiger partial charge on any atom is -0.481 e. The van der Waals surface area contributed by atoms with Crippen LogP contribution in [-0.2, 0) is 16.0 Å². The predicted octanol–water partition coefficient (Wildman–Crippen LogP) is 4.12. The number of aliphatic carboxylic acids is 1. The van der Waals surface area contributed by atoms with Gasteiger partial charge < -0.3 is 10.4 Å². The van der Waals surface area contributed by atoms with Gasteiger partial charge in [0, 0.05) is 12.3 Å². The van der Waals surface area contributed by atoms with Crippen molar-refractivity contribution in [2.24, 2.45) is 5.92 Å². The number of nitrogens with one attached hydrogen (secondary N) is 1. The van der Waals surface area contributed by atoms with Crippen molar-refractivity contribution < 1.29 is 19.1 Å². The van der Waals surface area contributed by atoms with Gasteiger partial charge in [0.15, 0.2) is 0 Å². The van der Waals surface area contributed by atoms with E-state index in [0.717, 1.165) is 5.56 Å². The zero-order valence-corrected chi connectivity index (χ0v) is 14.8. The third kappa shape index (κ3) is 5.99. The molecule has 2 unspecified atom stereocenters. The molecule has 0 saturated heterocycles. The fourth-order valence-electron chi connectivity index (χ4n) is 2.79. The molecule has 0 aliphatic rings. The highest BCUT2D eigenvalue weighted by Gasteiger charge is 2.20. The first-order valence-electron chi connectivity index (χ1n) is 8.78. The molecule has 0 fully saturated rings. The van der Waals surface area contributed by atoms with Crippen LogP contribution in [0.15, 0.2) is 54.6 Å². The molecule has 5 heteroatoms. The Balaban J connectivity index is 1.96. The summed E-state index contributed by atoms with van der Waals surface area (Å²) in [5, 5.41) is 11.9. The van der Waals surface area contributed by atoms with Gasteiger partial charge >= 0.3 is 5.97 Å². The number of halogens is 1. The highest BCUT2D eigenvalue weighted by molar-refractivity contribution is 5.78. The average Bonchev–Trinajstić information content (AvgIpc) is 2.64. The van der Waals surface area contributed by atoms with Crippen molar-refractivity contribution in [2.45, 2.75) is 38.6 Å². The lowest BCUT2D eigenvalue weighted by Crippen LogP contribution is -2.33. The van der Waals surface area contributed by atoms with Crippen molar-refractivity contribution in [1.82, 2.24) is 5.32 Å². The number of hydrogen-bond acceptors (Lipinski definition) is 2. The zero-order chi connectivity index (χ0) is 18.9. The van der Waals surface area contributed by atoms with E-state index >= 15 is 0 Å². The summed E-state index contributed by atoms with van der Waals surface area (Å²) in [6.45, 7) is 1.80. The van der Waals surface area contributed by atoms with E-state index in [1.165, 1.54) is 6.07 Å². The average molecular weight is 357 g/mol. The number of benzene rings is 2. The summed E-state index contributed by atoms with van der Waals surface area (Å²) in [4.78, 5) is 23.4. The summed E-state index contributed by atoms with van der Waals surface area (Å²) in [6.07, 6.45) is 1.30. The molecule has 0 spiro atoms. The van der Waals surface area contributed by atoms with Gasteiger partial charge in [0.1, 0.15) is 5.82 Å². The molecule has 2 aromatic carbocycles.